The Balaban J connectivity index is 1.81. The summed E-state index contributed by atoms with van der Waals surface area (Å²) in [5.74, 6) is 0.142. The molecule has 1 atom stereocenters. The lowest BCUT2D eigenvalue weighted by Crippen LogP contribution is -2.28. The maximum absolute atomic E-state index is 12.3. The number of hydrogen-bond acceptors (Lipinski definition) is 3. The van der Waals surface area contributed by atoms with Crippen LogP contribution in [-0.2, 0) is 9.59 Å². The van der Waals surface area contributed by atoms with Gasteiger partial charge in [-0.3, -0.25) is 4.79 Å². The number of carbonyl (C=O) groups is 2. The van der Waals surface area contributed by atoms with E-state index in [1.54, 1.807) is 12.1 Å². The first-order valence-corrected chi connectivity index (χ1v) is 8.78. The van der Waals surface area contributed by atoms with Gasteiger partial charge in [0.2, 0.25) is 5.91 Å². The van der Waals surface area contributed by atoms with Gasteiger partial charge in [-0.25, -0.2) is 4.79 Å². The van der Waals surface area contributed by atoms with Crippen molar-refractivity contribution < 1.29 is 19.4 Å². The van der Waals surface area contributed by atoms with Gasteiger partial charge >= 0.3 is 5.97 Å². The topological polar surface area (TPSA) is 75.6 Å². The Labute approximate surface area is 143 Å². The monoisotopic (exact) mass is 333 g/mol. The first kappa shape index (κ1) is 18.3. The quantitative estimate of drug-likeness (QED) is 0.746. The van der Waals surface area contributed by atoms with Crippen LogP contribution in [0.25, 0.3) is 0 Å². The molecule has 0 heterocycles. The Hall–Kier alpha value is -2.04. The summed E-state index contributed by atoms with van der Waals surface area (Å²) >= 11 is 0. The van der Waals surface area contributed by atoms with Gasteiger partial charge in [0, 0.05) is 6.42 Å². The third-order valence-electron chi connectivity index (χ3n) is 4.57. The summed E-state index contributed by atoms with van der Waals surface area (Å²) in [6, 6.07) is 7.09. The summed E-state index contributed by atoms with van der Waals surface area (Å²) < 4.78 is 5.11. The fraction of sp³-hybridized carbons (Fsp3) is 0.579. The van der Waals surface area contributed by atoms with Gasteiger partial charge in [0.1, 0.15) is 5.75 Å². The van der Waals surface area contributed by atoms with E-state index in [4.69, 9.17) is 9.84 Å². The van der Waals surface area contributed by atoms with Crippen LogP contribution < -0.4 is 10.1 Å². The van der Waals surface area contributed by atoms with Crippen LogP contribution in [0.1, 0.15) is 63.5 Å². The van der Waals surface area contributed by atoms with E-state index >= 15 is 0 Å². The second kappa shape index (κ2) is 9.30. The molecule has 0 aromatic heterocycles. The van der Waals surface area contributed by atoms with Gasteiger partial charge in [-0.05, 0) is 43.4 Å². The van der Waals surface area contributed by atoms with Gasteiger partial charge in [-0.2, -0.15) is 0 Å². The largest absolute Gasteiger partial charge is 0.482 e. The van der Waals surface area contributed by atoms with Gasteiger partial charge in [0.25, 0.3) is 0 Å². The van der Waals surface area contributed by atoms with Crippen LogP contribution >= 0.6 is 0 Å². The van der Waals surface area contributed by atoms with E-state index in [9.17, 15) is 9.59 Å². The van der Waals surface area contributed by atoms with Crippen LogP contribution in [0.5, 0.6) is 5.75 Å². The lowest BCUT2D eigenvalue weighted by molar-refractivity contribution is -0.139. The van der Waals surface area contributed by atoms with Crippen LogP contribution in [0.15, 0.2) is 24.3 Å². The zero-order valence-electron chi connectivity index (χ0n) is 14.3. The Bertz CT molecular complexity index is 533. The molecule has 1 amide bonds. The van der Waals surface area contributed by atoms with Crippen molar-refractivity contribution in [2.45, 2.75) is 57.9 Å². The molecule has 0 bridgehead atoms. The number of carbonyl (C=O) groups excluding carboxylic acids is 1. The van der Waals surface area contributed by atoms with E-state index in [1.165, 1.54) is 25.7 Å². The summed E-state index contributed by atoms with van der Waals surface area (Å²) in [7, 11) is 0. The molecule has 1 aromatic rings. The Kier molecular flexibility index (Phi) is 7.09. The molecule has 1 aromatic carbocycles. The molecule has 2 rings (SSSR count). The summed E-state index contributed by atoms with van der Waals surface area (Å²) in [6.07, 6.45) is 8.02. The van der Waals surface area contributed by atoms with Gasteiger partial charge < -0.3 is 15.2 Å². The van der Waals surface area contributed by atoms with Gasteiger partial charge in [-0.1, -0.05) is 37.8 Å². The number of benzene rings is 1. The molecule has 0 radical (unpaired) electrons. The molecule has 132 valence electrons. The molecule has 0 spiro atoms. The fourth-order valence-corrected chi connectivity index (χ4v) is 3.21. The predicted octanol–water partition coefficient (Wildman–Crippen LogP) is 3.69. The minimum absolute atomic E-state index is 0.0724. The van der Waals surface area contributed by atoms with Crippen LogP contribution in [0, 0.1) is 5.92 Å². The lowest BCUT2D eigenvalue weighted by atomic mass is 9.96. The highest BCUT2D eigenvalue weighted by Gasteiger charge is 2.17. The molecule has 1 aliphatic rings. The van der Waals surface area contributed by atoms with Gasteiger partial charge in [0.05, 0.1) is 6.04 Å². The number of rotatable bonds is 7. The zero-order valence-corrected chi connectivity index (χ0v) is 14.3. The molecule has 1 fully saturated rings. The molecule has 0 aliphatic heterocycles. The van der Waals surface area contributed by atoms with E-state index in [0.717, 1.165) is 18.4 Å². The lowest BCUT2D eigenvalue weighted by Gasteiger charge is -2.18. The molecule has 0 saturated heterocycles. The van der Waals surface area contributed by atoms with E-state index in [1.807, 2.05) is 19.1 Å². The molecular formula is C19H27NO4. The Morgan fingerprint density at radius 3 is 2.38 bits per heavy atom. The summed E-state index contributed by atoms with van der Waals surface area (Å²) in [5, 5.41) is 11.7. The molecule has 1 saturated carbocycles. The van der Waals surface area contributed by atoms with Crippen molar-refractivity contribution in [1.29, 1.82) is 0 Å². The molecule has 1 aliphatic carbocycles. The standard InChI is InChI=1S/C19H27NO4/c1-14(16-8-10-17(11-9-16)24-13-19(22)23)20-18(21)12-15-6-4-2-3-5-7-15/h8-11,14-15H,2-7,12-13H2,1H3,(H,20,21)(H,22,23). The van der Waals surface area contributed by atoms with E-state index < -0.39 is 5.97 Å². The highest BCUT2D eigenvalue weighted by molar-refractivity contribution is 5.76. The summed E-state index contributed by atoms with van der Waals surface area (Å²) in [6.45, 7) is 1.60. The average molecular weight is 333 g/mol. The average Bonchev–Trinajstić information content (AvgIpc) is 2.81. The summed E-state index contributed by atoms with van der Waals surface area (Å²) in [4.78, 5) is 22.7. The van der Waals surface area contributed by atoms with E-state index in [2.05, 4.69) is 5.32 Å². The van der Waals surface area contributed by atoms with E-state index in [-0.39, 0.29) is 18.6 Å². The van der Waals surface area contributed by atoms with Crippen LogP contribution in [0.2, 0.25) is 0 Å². The highest BCUT2D eigenvalue weighted by atomic mass is 16.5. The van der Waals surface area contributed by atoms with Crippen molar-refractivity contribution in [2.75, 3.05) is 6.61 Å². The van der Waals surface area contributed by atoms with Gasteiger partial charge in [-0.15, -0.1) is 0 Å². The number of carboxylic acids is 1. The zero-order chi connectivity index (χ0) is 17.4. The number of hydrogen-bond donors (Lipinski definition) is 2. The number of carboxylic acid groups (broad SMARTS) is 1. The number of aliphatic carboxylic acids is 1. The number of amides is 1. The molecule has 5 heteroatoms. The third kappa shape index (κ3) is 6.22. The van der Waals surface area contributed by atoms with Crippen LogP contribution in [0.4, 0.5) is 0 Å². The van der Waals surface area contributed by atoms with Crippen molar-refractivity contribution in [2.24, 2.45) is 5.92 Å². The first-order valence-electron chi connectivity index (χ1n) is 8.78. The number of nitrogens with one attached hydrogen (secondary N) is 1. The third-order valence-corrected chi connectivity index (χ3v) is 4.57. The van der Waals surface area contributed by atoms with Crippen molar-refractivity contribution in [1.82, 2.24) is 5.32 Å². The van der Waals surface area contributed by atoms with Crippen molar-refractivity contribution in [3.8, 4) is 5.75 Å². The molecule has 5 nitrogen and oxygen atoms in total. The predicted molar refractivity (Wildman–Crippen MR) is 91.9 cm³/mol. The van der Waals surface area contributed by atoms with Crippen LogP contribution in [0.3, 0.4) is 0 Å². The summed E-state index contributed by atoms with van der Waals surface area (Å²) in [5.41, 5.74) is 0.979. The maximum atomic E-state index is 12.3. The van der Waals surface area contributed by atoms with Crippen molar-refractivity contribution >= 4 is 11.9 Å². The minimum atomic E-state index is -1.00. The SMILES string of the molecule is CC(NC(=O)CC1CCCCCC1)c1ccc(OCC(=O)O)cc1. The second-order valence-electron chi connectivity index (χ2n) is 6.60. The first-order chi connectivity index (χ1) is 11.5. The van der Waals surface area contributed by atoms with Crippen LogP contribution in [-0.4, -0.2) is 23.6 Å². The number of ether oxygens (including phenoxy) is 1. The van der Waals surface area contributed by atoms with Crippen molar-refractivity contribution in [3.05, 3.63) is 29.8 Å². The second-order valence-corrected chi connectivity index (χ2v) is 6.60. The Morgan fingerprint density at radius 2 is 1.79 bits per heavy atom. The molecule has 1 unspecified atom stereocenters. The fourth-order valence-electron chi connectivity index (χ4n) is 3.21. The minimum Gasteiger partial charge on any atom is -0.482 e. The molecular weight excluding hydrogens is 306 g/mol. The van der Waals surface area contributed by atoms with Gasteiger partial charge in [0.15, 0.2) is 6.61 Å². The molecule has 2 N–H and O–H groups in total. The highest BCUT2D eigenvalue weighted by Crippen LogP contribution is 2.26. The van der Waals surface area contributed by atoms with Crippen molar-refractivity contribution in [3.63, 3.8) is 0 Å². The smallest absolute Gasteiger partial charge is 0.341 e. The maximum Gasteiger partial charge on any atom is 0.341 e. The molecule has 24 heavy (non-hydrogen) atoms. The normalized spacial score (nSPS) is 16.9. The Morgan fingerprint density at radius 1 is 1.17 bits per heavy atom. The van der Waals surface area contributed by atoms with E-state index in [0.29, 0.717) is 18.1 Å².